The maximum Gasteiger partial charge on any atom is 0.255 e. The average molecular weight is 319 g/mol. The summed E-state index contributed by atoms with van der Waals surface area (Å²) in [5.74, 6) is 0.0881. The first-order valence-corrected chi connectivity index (χ1v) is 8.45. The van der Waals surface area contributed by atoms with E-state index in [1.54, 1.807) is 12.4 Å². The van der Waals surface area contributed by atoms with Gasteiger partial charge in [-0.15, -0.1) is 0 Å². The van der Waals surface area contributed by atoms with Gasteiger partial charge in [0, 0.05) is 45.1 Å². The lowest BCUT2D eigenvalue weighted by molar-refractivity contribution is 0.0643. The standard InChI is InChI=1S/C17H29N5O/c1-4-21-8-10-22(11-9-21)17(23)15-12-16(14-18-13-15)19-6-5-7-20(2)3/h12-14,19H,4-11H2,1-3H3. The van der Waals surface area contributed by atoms with Crippen LogP contribution in [0.5, 0.6) is 0 Å². The molecule has 2 heterocycles. The second-order valence-electron chi connectivity index (χ2n) is 6.27. The van der Waals surface area contributed by atoms with E-state index in [0.717, 1.165) is 57.9 Å². The molecule has 0 aliphatic carbocycles. The number of rotatable bonds is 7. The zero-order valence-corrected chi connectivity index (χ0v) is 14.6. The first-order chi connectivity index (χ1) is 11.1. The molecule has 1 aromatic rings. The molecule has 23 heavy (non-hydrogen) atoms. The van der Waals surface area contributed by atoms with E-state index in [2.05, 4.69) is 41.1 Å². The quantitative estimate of drug-likeness (QED) is 0.766. The highest BCUT2D eigenvalue weighted by Crippen LogP contribution is 2.12. The first kappa shape index (κ1) is 17.7. The molecule has 0 atom stereocenters. The third-order valence-corrected chi connectivity index (χ3v) is 4.20. The van der Waals surface area contributed by atoms with E-state index in [9.17, 15) is 4.79 Å². The van der Waals surface area contributed by atoms with Crippen molar-refractivity contribution in [2.75, 3.05) is 65.2 Å². The zero-order chi connectivity index (χ0) is 16.7. The molecule has 0 saturated carbocycles. The number of amides is 1. The van der Waals surface area contributed by atoms with Crippen LogP contribution in [0.2, 0.25) is 0 Å². The van der Waals surface area contributed by atoms with E-state index in [0.29, 0.717) is 5.56 Å². The van der Waals surface area contributed by atoms with Crippen LogP contribution in [0, 0.1) is 0 Å². The van der Waals surface area contributed by atoms with Gasteiger partial charge in [-0.2, -0.15) is 0 Å². The summed E-state index contributed by atoms with van der Waals surface area (Å²) in [5, 5.41) is 3.35. The number of nitrogens with one attached hydrogen (secondary N) is 1. The normalized spacial score (nSPS) is 15.9. The van der Waals surface area contributed by atoms with E-state index in [4.69, 9.17) is 0 Å². The predicted molar refractivity (Wildman–Crippen MR) is 93.9 cm³/mol. The number of anilines is 1. The smallest absolute Gasteiger partial charge is 0.255 e. The van der Waals surface area contributed by atoms with Crippen LogP contribution >= 0.6 is 0 Å². The fourth-order valence-electron chi connectivity index (χ4n) is 2.73. The zero-order valence-electron chi connectivity index (χ0n) is 14.6. The van der Waals surface area contributed by atoms with E-state index in [1.807, 2.05) is 11.0 Å². The van der Waals surface area contributed by atoms with Gasteiger partial charge in [0.25, 0.3) is 5.91 Å². The Morgan fingerprint density at radius 3 is 2.65 bits per heavy atom. The first-order valence-electron chi connectivity index (χ1n) is 8.45. The molecule has 0 aromatic carbocycles. The van der Waals surface area contributed by atoms with Crippen LogP contribution < -0.4 is 5.32 Å². The van der Waals surface area contributed by atoms with Crippen molar-refractivity contribution >= 4 is 11.6 Å². The van der Waals surface area contributed by atoms with Gasteiger partial charge in [-0.1, -0.05) is 6.92 Å². The number of hydrogen-bond donors (Lipinski definition) is 1. The molecule has 0 spiro atoms. The van der Waals surface area contributed by atoms with Crippen LogP contribution in [0.15, 0.2) is 18.5 Å². The third-order valence-electron chi connectivity index (χ3n) is 4.20. The summed E-state index contributed by atoms with van der Waals surface area (Å²) in [5.41, 5.74) is 1.59. The molecule has 0 radical (unpaired) electrons. The topological polar surface area (TPSA) is 51.7 Å². The van der Waals surface area contributed by atoms with Gasteiger partial charge in [0.15, 0.2) is 0 Å². The molecule has 1 aliphatic heterocycles. The van der Waals surface area contributed by atoms with Gasteiger partial charge in [-0.05, 0) is 39.7 Å². The molecular weight excluding hydrogens is 290 g/mol. The fourth-order valence-corrected chi connectivity index (χ4v) is 2.73. The van der Waals surface area contributed by atoms with Gasteiger partial charge < -0.3 is 20.0 Å². The molecule has 128 valence electrons. The number of hydrogen-bond acceptors (Lipinski definition) is 5. The van der Waals surface area contributed by atoms with E-state index in [1.165, 1.54) is 0 Å². The SMILES string of the molecule is CCN1CCN(C(=O)c2cncc(NCCCN(C)C)c2)CC1. The van der Waals surface area contributed by atoms with Crippen molar-refractivity contribution < 1.29 is 4.79 Å². The van der Waals surface area contributed by atoms with E-state index in [-0.39, 0.29) is 5.91 Å². The molecule has 0 bridgehead atoms. The van der Waals surface area contributed by atoms with Crippen molar-refractivity contribution in [2.45, 2.75) is 13.3 Å². The monoisotopic (exact) mass is 319 g/mol. The highest BCUT2D eigenvalue weighted by atomic mass is 16.2. The molecule has 1 amide bonds. The molecule has 6 nitrogen and oxygen atoms in total. The maximum atomic E-state index is 12.6. The summed E-state index contributed by atoms with van der Waals surface area (Å²) < 4.78 is 0. The van der Waals surface area contributed by atoms with Crippen molar-refractivity contribution in [1.29, 1.82) is 0 Å². The van der Waals surface area contributed by atoms with Crippen LogP contribution in [0.4, 0.5) is 5.69 Å². The van der Waals surface area contributed by atoms with Crippen molar-refractivity contribution in [3.05, 3.63) is 24.0 Å². The van der Waals surface area contributed by atoms with Gasteiger partial charge >= 0.3 is 0 Å². The Morgan fingerprint density at radius 2 is 2.00 bits per heavy atom. The number of piperazine rings is 1. The largest absolute Gasteiger partial charge is 0.384 e. The number of aromatic nitrogens is 1. The fraction of sp³-hybridized carbons (Fsp3) is 0.647. The molecule has 1 aromatic heterocycles. The van der Waals surface area contributed by atoms with Crippen LogP contribution in [-0.4, -0.2) is 85.5 Å². The Morgan fingerprint density at radius 1 is 1.26 bits per heavy atom. The number of likely N-dealkylation sites (N-methyl/N-ethyl adjacent to an activating group) is 1. The molecule has 6 heteroatoms. The number of pyridine rings is 1. The number of carbonyl (C=O) groups excluding carboxylic acids is 1. The second kappa shape index (κ2) is 8.84. The predicted octanol–water partition coefficient (Wildman–Crippen LogP) is 1.22. The summed E-state index contributed by atoms with van der Waals surface area (Å²) in [7, 11) is 4.14. The summed E-state index contributed by atoms with van der Waals surface area (Å²) in [6.45, 7) is 8.65. The highest BCUT2D eigenvalue weighted by molar-refractivity contribution is 5.94. The Balaban J connectivity index is 1.87. The van der Waals surface area contributed by atoms with E-state index < -0.39 is 0 Å². The minimum absolute atomic E-state index is 0.0881. The Hall–Kier alpha value is -1.66. The molecule has 1 saturated heterocycles. The van der Waals surface area contributed by atoms with Gasteiger partial charge in [0.2, 0.25) is 0 Å². The summed E-state index contributed by atoms with van der Waals surface area (Å²) in [6.07, 6.45) is 4.51. The van der Waals surface area contributed by atoms with Crippen molar-refractivity contribution in [3.8, 4) is 0 Å². The third kappa shape index (κ3) is 5.48. The highest BCUT2D eigenvalue weighted by Gasteiger charge is 2.21. The van der Waals surface area contributed by atoms with Gasteiger partial charge in [0.1, 0.15) is 0 Å². The molecule has 0 unspecified atom stereocenters. The van der Waals surface area contributed by atoms with Crippen molar-refractivity contribution in [1.82, 2.24) is 19.7 Å². The summed E-state index contributed by atoms with van der Waals surface area (Å²) in [4.78, 5) is 23.3. The van der Waals surface area contributed by atoms with Gasteiger partial charge in [-0.25, -0.2) is 0 Å². The van der Waals surface area contributed by atoms with E-state index >= 15 is 0 Å². The van der Waals surface area contributed by atoms with Gasteiger partial charge in [0.05, 0.1) is 11.3 Å². The molecule has 1 aliphatic rings. The van der Waals surface area contributed by atoms with Crippen LogP contribution in [0.1, 0.15) is 23.7 Å². The van der Waals surface area contributed by atoms with Crippen LogP contribution in [-0.2, 0) is 0 Å². The second-order valence-corrected chi connectivity index (χ2v) is 6.27. The van der Waals surface area contributed by atoms with Crippen molar-refractivity contribution in [2.24, 2.45) is 0 Å². The lowest BCUT2D eigenvalue weighted by atomic mass is 10.2. The summed E-state index contributed by atoms with van der Waals surface area (Å²) in [6, 6.07) is 1.91. The molecule has 1 fully saturated rings. The number of carbonyl (C=O) groups is 1. The van der Waals surface area contributed by atoms with Crippen molar-refractivity contribution in [3.63, 3.8) is 0 Å². The Bertz CT molecular complexity index is 498. The lowest BCUT2D eigenvalue weighted by Gasteiger charge is -2.34. The maximum absolute atomic E-state index is 12.6. The van der Waals surface area contributed by atoms with Crippen LogP contribution in [0.3, 0.4) is 0 Å². The Kier molecular flexibility index (Phi) is 6.80. The molecule has 1 N–H and O–H groups in total. The molecule has 2 rings (SSSR count). The minimum atomic E-state index is 0.0881. The number of nitrogens with zero attached hydrogens (tertiary/aromatic N) is 4. The molecular formula is C17H29N5O. The Labute approximate surface area is 139 Å². The minimum Gasteiger partial charge on any atom is -0.384 e. The van der Waals surface area contributed by atoms with Gasteiger partial charge in [-0.3, -0.25) is 9.78 Å². The lowest BCUT2D eigenvalue weighted by Crippen LogP contribution is -2.48. The average Bonchev–Trinajstić information content (AvgIpc) is 2.58. The van der Waals surface area contributed by atoms with Crippen LogP contribution in [0.25, 0.3) is 0 Å². The summed E-state index contributed by atoms with van der Waals surface area (Å²) >= 11 is 0.